The molecule has 0 aromatic heterocycles. The van der Waals surface area contributed by atoms with Crippen LogP contribution >= 0.6 is 0 Å². The summed E-state index contributed by atoms with van der Waals surface area (Å²) in [4.78, 5) is 4.85. The molecule has 0 amide bonds. The molecule has 23 heavy (non-hydrogen) atoms. The molecule has 0 bridgehead atoms. The molecule has 1 aromatic carbocycles. The zero-order valence-electron chi connectivity index (χ0n) is 14.8. The molecule has 1 fully saturated rings. The summed E-state index contributed by atoms with van der Waals surface area (Å²) in [6, 6.07) is 5.78. The number of aliphatic hydroxyl groups excluding tert-OH is 1. The molecule has 130 valence electrons. The van der Waals surface area contributed by atoms with Crippen LogP contribution < -0.4 is 9.47 Å². The maximum Gasteiger partial charge on any atom is 0.127 e. The van der Waals surface area contributed by atoms with Crippen molar-refractivity contribution < 1.29 is 14.6 Å². The van der Waals surface area contributed by atoms with Crippen molar-refractivity contribution in [2.75, 3.05) is 53.6 Å². The minimum atomic E-state index is -0.0305. The molecular formula is C18H30N2O3. The van der Waals surface area contributed by atoms with Crippen LogP contribution in [-0.4, -0.2) is 68.5 Å². The van der Waals surface area contributed by atoms with Gasteiger partial charge in [-0.2, -0.15) is 0 Å². The SMILES string of the molecule is COc1ccc(C(CO)N2CCN(CC(C)C)CC2)c(OC)c1. The highest BCUT2D eigenvalue weighted by molar-refractivity contribution is 5.42. The first kappa shape index (κ1) is 18.0. The van der Waals surface area contributed by atoms with Crippen LogP contribution in [0.1, 0.15) is 25.5 Å². The van der Waals surface area contributed by atoms with Gasteiger partial charge in [0.25, 0.3) is 0 Å². The van der Waals surface area contributed by atoms with Gasteiger partial charge in [-0.25, -0.2) is 0 Å². The van der Waals surface area contributed by atoms with E-state index in [0.717, 1.165) is 49.8 Å². The number of hydrogen-bond donors (Lipinski definition) is 1. The number of methoxy groups -OCH3 is 2. The topological polar surface area (TPSA) is 45.2 Å². The Bertz CT molecular complexity index is 485. The molecule has 1 N–H and O–H groups in total. The summed E-state index contributed by atoms with van der Waals surface area (Å²) >= 11 is 0. The maximum absolute atomic E-state index is 9.95. The molecular weight excluding hydrogens is 292 g/mol. The van der Waals surface area contributed by atoms with Crippen molar-refractivity contribution in [3.05, 3.63) is 23.8 Å². The first-order valence-corrected chi connectivity index (χ1v) is 8.38. The molecule has 0 aliphatic carbocycles. The van der Waals surface area contributed by atoms with Crippen molar-refractivity contribution >= 4 is 0 Å². The summed E-state index contributed by atoms with van der Waals surface area (Å²) in [7, 11) is 3.30. The van der Waals surface area contributed by atoms with Gasteiger partial charge in [0.1, 0.15) is 11.5 Å². The fourth-order valence-electron chi connectivity index (χ4n) is 3.28. The molecule has 1 aliphatic rings. The molecule has 1 atom stereocenters. The Labute approximate surface area is 139 Å². The molecule has 0 spiro atoms. The number of piperazine rings is 1. The maximum atomic E-state index is 9.95. The minimum absolute atomic E-state index is 0.0305. The summed E-state index contributed by atoms with van der Waals surface area (Å²) in [6.45, 7) is 9.77. The molecule has 5 nitrogen and oxygen atoms in total. The van der Waals surface area contributed by atoms with E-state index in [9.17, 15) is 5.11 Å². The van der Waals surface area contributed by atoms with Gasteiger partial charge in [-0.05, 0) is 18.1 Å². The van der Waals surface area contributed by atoms with Gasteiger partial charge < -0.3 is 19.5 Å². The number of ether oxygens (including phenoxy) is 2. The van der Waals surface area contributed by atoms with Crippen molar-refractivity contribution in [3.8, 4) is 11.5 Å². The van der Waals surface area contributed by atoms with Crippen LogP contribution in [0.5, 0.6) is 11.5 Å². The Morgan fingerprint density at radius 3 is 2.30 bits per heavy atom. The van der Waals surface area contributed by atoms with Crippen molar-refractivity contribution in [2.45, 2.75) is 19.9 Å². The smallest absolute Gasteiger partial charge is 0.127 e. The van der Waals surface area contributed by atoms with Gasteiger partial charge in [0.05, 0.1) is 26.9 Å². The van der Waals surface area contributed by atoms with Crippen LogP contribution in [0.15, 0.2) is 18.2 Å². The van der Waals surface area contributed by atoms with Crippen molar-refractivity contribution in [2.24, 2.45) is 5.92 Å². The molecule has 1 aromatic rings. The highest BCUT2D eigenvalue weighted by Gasteiger charge is 2.27. The van der Waals surface area contributed by atoms with E-state index in [1.54, 1.807) is 14.2 Å². The lowest BCUT2D eigenvalue weighted by atomic mass is 10.0. The summed E-state index contributed by atoms with van der Waals surface area (Å²) in [5, 5.41) is 9.95. The fourth-order valence-corrected chi connectivity index (χ4v) is 3.28. The second kappa shape index (κ2) is 8.52. The van der Waals surface area contributed by atoms with Gasteiger partial charge in [-0.15, -0.1) is 0 Å². The number of hydrogen-bond acceptors (Lipinski definition) is 5. The number of rotatable bonds is 7. The molecule has 1 heterocycles. The summed E-state index contributed by atoms with van der Waals surface area (Å²) in [6.07, 6.45) is 0. The van der Waals surface area contributed by atoms with Crippen LogP contribution in [0.2, 0.25) is 0 Å². The lowest BCUT2D eigenvalue weighted by Crippen LogP contribution is -2.49. The van der Waals surface area contributed by atoms with E-state index in [4.69, 9.17) is 9.47 Å². The number of nitrogens with zero attached hydrogens (tertiary/aromatic N) is 2. The van der Waals surface area contributed by atoms with Gasteiger partial charge in [0.15, 0.2) is 0 Å². The Hall–Kier alpha value is -1.30. The first-order chi connectivity index (χ1) is 11.1. The molecule has 5 heteroatoms. The predicted octanol–water partition coefficient (Wildman–Crippen LogP) is 2.01. The monoisotopic (exact) mass is 322 g/mol. The predicted molar refractivity (Wildman–Crippen MR) is 92.2 cm³/mol. The third-order valence-corrected chi connectivity index (χ3v) is 4.44. The summed E-state index contributed by atoms with van der Waals surface area (Å²) < 4.78 is 10.8. The third-order valence-electron chi connectivity index (χ3n) is 4.44. The Morgan fingerprint density at radius 1 is 1.09 bits per heavy atom. The van der Waals surface area contributed by atoms with E-state index in [1.807, 2.05) is 18.2 Å². The fraction of sp³-hybridized carbons (Fsp3) is 0.667. The molecule has 1 unspecified atom stereocenters. The van der Waals surface area contributed by atoms with E-state index in [2.05, 4.69) is 23.6 Å². The number of aliphatic hydroxyl groups is 1. The largest absolute Gasteiger partial charge is 0.497 e. The van der Waals surface area contributed by atoms with E-state index < -0.39 is 0 Å². The highest BCUT2D eigenvalue weighted by Crippen LogP contribution is 2.33. The van der Waals surface area contributed by atoms with Crippen LogP contribution in [0.4, 0.5) is 0 Å². The van der Waals surface area contributed by atoms with Gasteiger partial charge in [0.2, 0.25) is 0 Å². The average molecular weight is 322 g/mol. The van der Waals surface area contributed by atoms with Crippen LogP contribution in [-0.2, 0) is 0 Å². The van der Waals surface area contributed by atoms with Crippen LogP contribution in [0.25, 0.3) is 0 Å². The van der Waals surface area contributed by atoms with Gasteiger partial charge in [0, 0.05) is 44.4 Å². The Kier molecular flexibility index (Phi) is 6.69. The molecule has 0 radical (unpaired) electrons. The van der Waals surface area contributed by atoms with Crippen molar-refractivity contribution in [1.82, 2.24) is 9.80 Å². The van der Waals surface area contributed by atoms with E-state index in [1.165, 1.54) is 0 Å². The lowest BCUT2D eigenvalue weighted by Gasteiger charge is -2.39. The van der Waals surface area contributed by atoms with Gasteiger partial charge in [-0.3, -0.25) is 4.90 Å². The molecule has 1 aliphatic heterocycles. The van der Waals surface area contributed by atoms with Gasteiger partial charge in [-0.1, -0.05) is 13.8 Å². The molecule has 1 saturated heterocycles. The Balaban J connectivity index is 2.09. The minimum Gasteiger partial charge on any atom is -0.497 e. The zero-order chi connectivity index (χ0) is 16.8. The van der Waals surface area contributed by atoms with Crippen LogP contribution in [0.3, 0.4) is 0 Å². The second-order valence-corrected chi connectivity index (χ2v) is 6.54. The normalized spacial score (nSPS) is 18.2. The standard InChI is InChI=1S/C18H30N2O3/c1-14(2)12-19-7-9-20(10-8-19)17(13-21)16-6-5-15(22-3)11-18(16)23-4/h5-6,11,14,17,21H,7-10,12-13H2,1-4H3. The van der Waals surface area contributed by atoms with Crippen LogP contribution in [0, 0.1) is 5.92 Å². The summed E-state index contributed by atoms with van der Waals surface area (Å²) in [5.74, 6) is 2.23. The van der Waals surface area contributed by atoms with E-state index >= 15 is 0 Å². The van der Waals surface area contributed by atoms with Crippen molar-refractivity contribution in [3.63, 3.8) is 0 Å². The Morgan fingerprint density at radius 2 is 1.78 bits per heavy atom. The zero-order valence-corrected chi connectivity index (χ0v) is 14.8. The first-order valence-electron chi connectivity index (χ1n) is 8.38. The highest BCUT2D eigenvalue weighted by atomic mass is 16.5. The average Bonchev–Trinajstić information content (AvgIpc) is 2.56. The number of benzene rings is 1. The van der Waals surface area contributed by atoms with E-state index in [0.29, 0.717) is 5.92 Å². The lowest BCUT2D eigenvalue weighted by molar-refractivity contribution is 0.0595. The quantitative estimate of drug-likeness (QED) is 0.832. The van der Waals surface area contributed by atoms with Gasteiger partial charge >= 0.3 is 0 Å². The van der Waals surface area contributed by atoms with E-state index in [-0.39, 0.29) is 12.6 Å². The molecule has 0 saturated carbocycles. The molecule has 2 rings (SSSR count). The van der Waals surface area contributed by atoms with Crippen molar-refractivity contribution in [1.29, 1.82) is 0 Å². The summed E-state index contributed by atoms with van der Waals surface area (Å²) in [5.41, 5.74) is 1.02. The second-order valence-electron chi connectivity index (χ2n) is 6.54. The third kappa shape index (κ3) is 4.59.